The fourth-order valence-corrected chi connectivity index (χ4v) is 1.21. The van der Waals surface area contributed by atoms with E-state index in [2.05, 4.69) is 12.2 Å². The minimum absolute atomic E-state index is 0.471. The second-order valence-electron chi connectivity index (χ2n) is 3.14. The molecule has 2 heteroatoms. The zero-order valence-corrected chi connectivity index (χ0v) is 6.77. The first kappa shape index (κ1) is 8.02. The predicted molar refractivity (Wildman–Crippen MR) is 43.9 cm³/mol. The molecule has 1 unspecified atom stereocenters. The van der Waals surface area contributed by atoms with Gasteiger partial charge in [0.15, 0.2) is 0 Å². The minimum atomic E-state index is 0.471. The van der Waals surface area contributed by atoms with Crippen molar-refractivity contribution in [3.63, 3.8) is 0 Å². The third-order valence-electron chi connectivity index (χ3n) is 2.13. The Morgan fingerprint density at radius 3 is 2.80 bits per heavy atom. The highest BCUT2D eigenvalue weighted by Gasteiger charge is 2.27. The molecule has 0 bridgehead atoms. The molecule has 0 radical (unpaired) electrons. The summed E-state index contributed by atoms with van der Waals surface area (Å²) in [5.41, 5.74) is 5.88. The van der Waals surface area contributed by atoms with Crippen molar-refractivity contribution >= 4 is 0 Å². The first-order chi connectivity index (χ1) is 4.84. The molecule has 1 rings (SSSR count). The standard InChI is InChI=1S/C8H18N2/c1-2-10-6-5-8(9)7-3-4-7/h7-8,10H,2-6,9H2,1H3. The number of hydrogen-bond acceptors (Lipinski definition) is 2. The lowest BCUT2D eigenvalue weighted by atomic mass is 10.1. The zero-order valence-electron chi connectivity index (χ0n) is 6.77. The number of hydrogen-bond donors (Lipinski definition) is 2. The Balaban J connectivity index is 1.90. The van der Waals surface area contributed by atoms with Gasteiger partial charge in [0, 0.05) is 6.04 Å². The van der Waals surface area contributed by atoms with Crippen LogP contribution in [0.5, 0.6) is 0 Å². The maximum Gasteiger partial charge on any atom is 0.00792 e. The molecule has 60 valence electrons. The third kappa shape index (κ3) is 2.67. The van der Waals surface area contributed by atoms with E-state index in [0.717, 1.165) is 25.4 Å². The average Bonchev–Trinajstić information content (AvgIpc) is 2.69. The van der Waals surface area contributed by atoms with E-state index < -0.39 is 0 Å². The van der Waals surface area contributed by atoms with Gasteiger partial charge in [-0.3, -0.25) is 0 Å². The molecule has 2 nitrogen and oxygen atoms in total. The van der Waals surface area contributed by atoms with E-state index in [0.29, 0.717) is 6.04 Å². The van der Waals surface area contributed by atoms with Gasteiger partial charge in [-0.2, -0.15) is 0 Å². The summed E-state index contributed by atoms with van der Waals surface area (Å²) in [5, 5.41) is 3.28. The van der Waals surface area contributed by atoms with Crippen LogP contribution in [0.4, 0.5) is 0 Å². The van der Waals surface area contributed by atoms with Gasteiger partial charge in [-0.15, -0.1) is 0 Å². The average molecular weight is 142 g/mol. The molecule has 0 heterocycles. The van der Waals surface area contributed by atoms with Crippen LogP contribution in [0.15, 0.2) is 0 Å². The normalized spacial score (nSPS) is 21.0. The van der Waals surface area contributed by atoms with Crippen LogP contribution in [0.25, 0.3) is 0 Å². The van der Waals surface area contributed by atoms with Crippen molar-refractivity contribution in [2.75, 3.05) is 13.1 Å². The molecular formula is C8H18N2. The third-order valence-corrected chi connectivity index (χ3v) is 2.13. The lowest BCUT2D eigenvalue weighted by Crippen LogP contribution is -2.28. The molecule has 1 aliphatic carbocycles. The van der Waals surface area contributed by atoms with E-state index in [4.69, 9.17) is 5.73 Å². The van der Waals surface area contributed by atoms with Crippen molar-refractivity contribution in [3.8, 4) is 0 Å². The summed E-state index contributed by atoms with van der Waals surface area (Å²) in [6.07, 6.45) is 3.89. The van der Waals surface area contributed by atoms with Gasteiger partial charge in [0.05, 0.1) is 0 Å². The van der Waals surface area contributed by atoms with Crippen LogP contribution < -0.4 is 11.1 Å². The number of nitrogens with one attached hydrogen (secondary N) is 1. The van der Waals surface area contributed by atoms with Crippen molar-refractivity contribution in [3.05, 3.63) is 0 Å². The molecule has 0 aromatic carbocycles. The van der Waals surface area contributed by atoms with Gasteiger partial charge < -0.3 is 11.1 Å². The van der Waals surface area contributed by atoms with Crippen LogP contribution in [-0.4, -0.2) is 19.1 Å². The Kier molecular flexibility index (Phi) is 3.16. The van der Waals surface area contributed by atoms with Crippen LogP contribution >= 0.6 is 0 Å². The fourth-order valence-electron chi connectivity index (χ4n) is 1.21. The smallest absolute Gasteiger partial charge is 0.00792 e. The topological polar surface area (TPSA) is 38.0 Å². The summed E-state index contributed by atoms with van der Waals surface area (Å²) >= 11 is 0. The number of nitrogens with two attached hydrogens (primary N) is 1. The second-order valence-corrected chi connectivity index (χ2v) is 3.14. The largest absolute Gasteiger partial charge is 0.327 e. The Labute approximate surface area is 63.2 Å². The summed E-state index contributed by atoms with van der Waals surface area (Å²) in [6, 6.07) is 0.471. The molecule has 1 atom stereocenters. The quantitative estimate of drug-likeness (QED) is 0.555. The van der Waals surface area contributed by atoms with Crippen molar-refractivity contribution in [1.29, 1.82) is 0 Å². The molecule has 1 saturated carbocycles. The summed E-state index contributed by atoms with van der Waals surface area (Å²) in [6.45, 7) is 4.29. The SMILES string of the molecule is CCNCCC(N)C1CC1. The van der Waals surface area contributed by atoms with Gasteiger partial charge in [0.1, 0.15) is 0 Å². The van der Waals surface area contributed by atoms with E-state index in [1.165, 1.54) is 12.8 Å². The van der Waals surface area contributed by atoms with Crippen molar-refractivity contribution in [2.45, 2.75) is 32.2 Å². The minimum Gasteiger partial charge on any atom is -0.327 e. The monoisotopic (exact) mass is 142 g/mol. The van der Waals surface area contributed by atoms with Crippen LogP contribution in [0.1, 0.15) is 26.2 Å². The molecule has 0 aliphatic heterocycles. The Morgan fingerprint density at radius 1 is 1.60 bits per heavy atom. The van der Waals surface area contributed by atoms with Crippen LogP contribution in [0.2, 0.25) is 0 Å². The van der Waals surface area contributed by atoms with Crippen molar-refractivity contribution < 1.29 is 0 Å². The predicted octanol–water partition coefficient (Wildman–Crippen LogP) is 0.723. The van der Waals surface area contributed by atoms with Crippen molar-refractivity contribution in [1.82, 2.24) is 5.32 Å². The molecule has 0 aromatic rings. The molecule has 10 heavy (non-hydrogen) atoms. The van der Waals surface area contributed by atoms with E-state index >= 15 is 0 Å². The van der Waals surface area contributed by atoms with Crippen molar-refractivity contribution in [2.24, 2.45) is 11.7 Å². The molecular weight excluding hydrogens is 124 g/mol. The summed E-state index contributed by atoms with van der Waals surface area (Å²) in [7, 11) is 0. The maximum absolute atomic E-state index is 5.88. The second kappa shape index (κ2) is 3.94. The van der Waals surface area contributed by atoms with Crippen LogP contribution in [-0.2, 0) is 0 Å². The molecule has 0 saturated heterocycles. The summed E-state index contributed by atoms with van der Waals surface area (Å²) < 4.78 is 0. The van der Waals surface area contributed by atoms with E-state index in [9.17, 15) is 0 Å². The molecule has 0 amide bonds. The molecule has 1 aliphatic rings. The highest BCUT2D eigenvalue weighted by molar-refractivity contribution is 4.83. The zero-order chi connectivity index (χ0) is 7.40. The van der Waals surface area contributed by atoms with Gasteiger partial charge in [-0.25, -0.2) is 0 Å². The van der Waals surface area contributed by atoms with E-state index in [1.54, 1.807) is 0 Å². The van der Waals surface area contributed by atoms with Gasteiger partial charge in [0.2, 0.25) is 0 Å². The van der Waals surface area contributed by atoms with Gasteiger partial charge in [0.25, 0.3) is 0 Å². The van der Waals surface area contributed by atoms with Gasteiger partial charge >= 0.3 is 0 Å². The first-order valence-corrected chi connectivity index (χ1v) is 4.31. The number of rotatable bonds is 5. The highest BCUT2D eigenvalue weighted by atomic mass is 14.8. The lowest BCUT2D eigenvalue weighted by Gasteiger charge is -2.09. The molecule has 1 fully saturated rings. The molecule has 0 aromatic heterocycles. The van der Waals surface area contributed by atoms with E-state index in [-0.39, 0.29) is 0 Å². The highest BCUT2D eigenvalue weighted by Crippen LogP contribution is 2.32. The lowest BCUT2D eigenvalue weighted by molar-refractivity contribution is 0.524. The van der Waals surface area contributed by atoms with Gasteiger partial charge in [-0.1, -0.05) is 6.92 Å². The maximum atomic E-state index is 5.88. The Bertz CT molecular complexity index is 89.3. The van der Waals surface area contributed by atoms with E-state index in [1.807, 2.05) is 0 Å². The Hall–Kier alpha value is -0.0800. The molecule has 0 spiro atoms. The summed E-state index contributed by atoms with van der Waals surface area (Å²) in [4.78, 5) is 0. The first-order valence-electron chi connectivity index (χ1n) is 4.31. The summed E-state index contributed by atoms with van der Waals surface area (Å²) in [5.74, 6) is 0.860. The fraction of sp³-hybridized carbons (Fsp3) is 1.00. The van der Waals surface area contributed by atoms with Crippen LogP contribution in [0, 0.1) is 5.92 Å². The molecule has 3 N–H and O–H groups in total. The van der Waals surface area contributed by atoms with Gasteiger partial charge in [-0.05, 0) is 38.3 Å². The van der Waals surface area contributed by atoms with Crippen LogP contribution in [0.3, 0.4) is 0 Å². The Morgan fingerprint density at radius 2 is 2.30 bits per heavy atom.